The molecule has 0 saturated carbocycles. The van der Waals surface area contributed by atoms with Gasteiger partial charge in [0.25, 0.3) is 15.9 Å². The summed E-state index contributed by atoms with van der Waals surface area (Å²) in [5.41, 5.74) is 1.03. The number of piperidine rings is 1. The topological polar surface area (TPSA) is 74.1 Å². The molecule has 0 bridgehead atoms. The van der Waals surface area contributed by atoms with Crippen LogP contribution in [-0.4, -0.2) is 67.7 Å². The second-order valence-corrected chi connectivity index (χ2v) is 10.0. The highest BCUT2D eigenvalue weighted by molar-refractivity contribution is 7.89. The monoisotopic (exact) mass is 449 g/mol. The molecule has 3 heterocycles. The van der Waals surface area contributed by atoms with Gasteiger partial charge in [-0.25, -0.2) is 12.8 Å². The molecular formula is C22H28FN3O4S. The standard InChI is InChI=1S/C22H28FN3O4S/c23-19-7-5-18(6-8-19)17-24-11-4-12-25(16-15-24)22(27)20-9-10-21(30-20)31(28,29)26-13-2-1-3-14-26/h5-10H,1-4,11-17H2. The van der Waals surface area contributed by atoms with Crippen molar-refractivity contribution in [2.75, 3.05) is 39.3 Å². The first-order chi connectivity index (χ1) is 14.9. The van der Waals surface area contributed by atoms with Crippen LogP contribution in [0.3, 0.4) is 0 Å². The Morgan fingerprint density at radius 1 is 0.871 bits per heavy atom. The van der Waals surface area contributed by atoms with E-state index in [1.807, 2.05) is 0 Å². The zero-order valence-electron chi connectivity index (χ0n) is 17.5. The Kier molecular flexibility index (Phi) is 6.74. The molecule has 2 aromatic rings. The van der Waals surface area contributed by atoms with Gasteiger partial charge in [0.15, 0.2) is 5.76 Å². The summed E-state index contributed by atoms with van der Waals surface area (Å²) in [7, 11) is -3.70. The van der Waals surface area contributed by atoms with E-state index in [1.165, 1.54) is 28.6 Å². The third-order valence-corrected chi connectivity index (χ3v) is 7.67. The quantitative estimate of drug-likeness (QED) is 0.702. The summed E-state index contributed by atoms with van der Waals surface area (Å²) in [5.74, 6) is -0.484. The molecule has 7 nitrogen and oxygen atoms in total. The molecule has 0 unspecified atom stereocenters. The van der Waals surface area contributed by atoms with E-state index in [9.17, 15) is 17.6 Å². The average Bonchev–Trinajstić information content (AvgIpc) is 3.18. The molecule has 2 aliphatic rings. The first-order valence-electron chi connectivity index (χ1n) is 10.8. The van der Waals surface area contributed by atoms with Crippen molar-refractivity contribution >= 4 is 15.9 Å². The predicted octanol–water partition coefficient (Wildman–Crippen LogP) is 2.94. The summed E-state index contributed by atoms with van der Waals surface area (Å²) in [6.07, 6.45) is 3.51. The third kappa shape index (κ3) is 5.16. The number of hydrogen-bond acceptors (Lipinski definition) is 5. The summed E-state index contributed by atoms with van der Waals surface area (Å²) >= 11 is 0. The van der Waals surface area contributed by atoms with Gasteiger partial charge in [-0.2, -0.15) is 4.31 Å². The molecule has 1 amide bonds. The fourth-order valence-electron chi connectivity index (χ4n) is 4.14. The van der Waals surface area contributed by atoms with Crippen molar-refractivity contribution in [3.8, 4) is 0 Å². The zero-order valence-corrected chi connectivity index (χ0v) is 18.3. The second-order valence-electron chi connectivity index (χ2n) is 8.13. The van der Waals surface area contributed by atoms with Crippen LogP contribution >= 0.6 is 0 Å². The minimum Gasteiger partial charge on any atom is -0.438 e. The van der Waals surface area contributed by atoms with E-state index in [0.29, 0.717) is 39.3 Å². The lowest BCUT2D eigenvalue weighted by molar-refractivity contribution is 0.0723. The summed E-state index contributed by atoms with van der Waals surface area (Å²) in [6.45, 7) is 4.28. The Bertz CT molecular complexity index is 1000. The van der Waals surface area contributed by atoms with Crippen molar-refractivity contribution in [2.24, 2.45) is 0 Å². The first kappa shape index (κ1) is 22.0. The molecule has 2 saturated heterocycles. The fourth-order valence-corrected chi connectivity index (χ4v) is 5.57. The van der Waals surface area contributed by atoms with Crippen molar-refractivity contribution in [1.29, 1.82) is 0 Å². The molecule has 1 aromatic carbocycles. The number of benzene rings is 1. The molecule has 2 aliphatic heterocycles. The second kappa shape index (κ2) is 9.50. The lowest BCUT2D eigenvalue weighted by atomic mass is 10.2. The molecule has 2 fully saturated rings. The van der Waals surface area contributed by atoms with E-state index in [-0.39, 0.29) is 22.6 Å². The van der Waals surface area contributed by atoms with Crippen molar-refractivity contribution in [3.63, 3.8) is 0 Å². The van der Waals surface area contributed by atoms with Crippen LogP contribution in [0.15, 0.2) is 45.9 Å². The maximum Gasteiger partial charge on any atom is 0.289 e. The Morgan fingerprint density at radius 2 is 1.61 bits per heavy atom. The summed E-state index contributed by atoms with van der Waals surface area (Å²) < 4.78 is 45.6. The van der Waals surface area contributed by atoms with Crippen molar-refractivity contribution in [2.45, 2.75) is 37.3 Å². The Morgan fingerprint density at radius 3 is 2.35 bits per heavy atom. The molecule has 0 N–H and O–H groups in total. The normalized spacial score (nSPS) is 19.3. The molecule has 31 heavy (non-hydrogen) atoms. The smallest absolute Gasteiger partial charge is 0.289 e. The van der Waals surface area contributed by atoms with Crippen molar-refractivity contribution in [3.05, 3.63) is 53.5 Å². The maximum absolute atomic E-state index is 13.1. The number of sulfonamides is 1. The fraction of sp³-hybridized carbons (Fsp3) is 0.500. The van der Waals surface area contributed by atoms with Crippen LogP contribution < -0.4 is 0 Å². The van der Waals surface area contributed by atoms with E-state index in [4.69, 9.17) is 4.42 Å². The van der Waals surface area contributed by atoms with E-state index >= 15 is 0 Å². The molecule has 0 spiro atoms. The van der Waals surface area contributed by atoms with Gasteiger partial charge in [0.1, 0.15) is 5.82 Å². The number of carbonyl (C=O) groups is 1. The van der Waals surface area contributed by atoms with Gasteiger partial charge in [0, 0.05) is 45.8 Å². The molecule has 4 rings (SSSR count). The Balaban J connectivity index is 1.38. The minimum atomic E-state index is -3.70. The summed E-state index contributed by atoms with van der Waals surface area (Å²) in [5, 5.41) is -0.162. The highest BCUT2D eigenvalue weighted by Gasteiger charge is 2.31. The van der Waals surface area contributed by atoms with Crippen LogP contribution in [0.25, 0.3) is 0 Å². The van der Waals surface area contributed by atoms with Gasteiger partial charge >= 0.3 is 0 Å². The molecular weight excluding hydrogens is 421 g/mol. The highest BCUT2D eigenvalue weighted by atomic mass is 32.2. The lowest BCUT2D eigenvalue weighted by Crippen LogP contribution is -2.35. The van der Waals surface area contributed by atoms with E-state index < -0.39 is 10.0 Å². The van der Waals surface area contributed by atoms with Gasteiger partial charge in [0.2, 0.25) is 5.09 Å². The molecule has 1 aromatic heterocycles. The van der Waals surface area contributed by atoms with Crippen LogP contribution in [0.4, 0.5) is 4.39 Å². The van der Waals surface area contributed by atoms with Crippen LogP contribution in [0.5, 0.6) is 0 Å². The number of furan rings is 1. The zero-order chi connectivity index (χ0) is 21.8. The molecule has 0 atom stereocenters. The molecule has 9 heteroatoms. The Hall–Kier alpha value is -2.23. The van der Waals surface area contributed by atoms with Gasteiger partial charge in [0.05, 0.1) is 0 Å². The average molecular weight is 450 g/mol. The van der Waals surface area contributed by atoms with Gasteiger partial charge in [-0.15, -0.1) is 0 Å². The maximum atomic E-state index is 13.1. The number of carbonyl (C=O) groups excluding carboxylic acids is 1. The van der Waals surface area contributed by atoms with E-state index in [2.05, 4.69) is 4.90 Å². The van der Waals surface area contributed by atoms with Crippen LogP contribution in [0.1, 0.15) is 41.8 Å². The Labute approximate surface area is 182 Å². The summed E-state index contributed by atoms with van der Waals surface area (Å²) in [6, 6.07) is 9.30. The van der Waals surface area contributed by atoms with Crippen LogP contribution in [0.2, 0.25) is 0 Å². The van der Waals surface area contributed by atoms with Crippen LogP contribution in [-0.2, 0) is 16.6 Å². The minimum absolute atomic E-state index is 0.0579. The van der Waals surface area contributed by atoms with Crippen molar-refractivity contribution < 1.29 is 22.0 Å². The number of amides is 1. The molecule has 0 radical (unpaired) electrons. The third-order valence-electron chi connectivity index (χ3n) is 5.90. The lowest BCUT2D eigenvalue weighted by Gasteiger charge is -2.24. The van der Waals surface area contributed by atoms with Gasteiger partial charge in [-0.3, -0.25) is 9.69 Å². The summed E-state index contributed by atoms with van der Waals surface area (Å²) in [4.78, 5) is 16.9. The van der Waals surface area contributed by atoms with E-state index in [1.54, 1.807) is 17.0 Å². The molecule has 0 aliphatic carbocycles. The van der Waals surface area contributed by atoms with Crippen LogP contribution in [0, 0.1) is 5.82 Å². The largest absolute Gasteiger partial charge is 0.438 e. The van der Waals surface area contributed by atoms with Gasteiger partial charge in [-0.1, -0.05) is 18.6 Å². The van der Waals surface area contributed by atoms with Gasteiger partial charge < -0.3 is 9.32 Å². The number of nitrogens with zero attached hydrogens (tertiary/aromatic N) is 3. The SMILES string of the molecule is O=C(c1ccc(S(=O)(=O)N2CCCCC2)o1)N1CCCN(Cc2ccc(F)cc2)CC1. The number of hydrogen-bond donors (Lipinski definition) is 0. The van der Waals surface area contributed by atoms with E-state index in [0.717, 1.165) is 37.8 Å². The predicted molar refractivity (Wildman–Crippen MR) is 114 cm³/mol. The number of halogens is 1. The van der Waals surface area contributed by atoms with Gasteiger partial charge in [-0.05, 0) is 49.1 Å². The highest BCUT2D eigenvalue weighted by Crippen LogP contribution is 2.23. The number of rotatable bonds is 5. The first-order valence-corrected chi connectivity index (χ1v) is 12.2. The molecule has 168 valence electrons. The van der Waals surface area contributed by atoms with Crippen molar-refractivity contribution in [1.82, 2.24) is 14.1 Å².